The van der Waals surface area contributed by atoms with Crippen LogP contribution in [0.1, 0.15) is 31.2 Å². The van der Waals surface area contributed by atoms with Gasteiger partial charge in [-0.3, -0.25) is 4.79 Å². The number of carbonyl (C=O) groups is 1. The lowest BCUT2D eigenvalue weighted by molar-refractivity contribution is -0.121. The molecule has 3 nitrogen and oxygen atoms in total. The smallest absolute Gasteiger partial charge is 0.220 e. The van der Waals surface area contributed by atoms with Crippen LogP contribution in [0, 0.1) is 0 Å². The van der Waals surface area contributed by atoms with Gasteiger partial charge in [0.25, 0.3) is 0 Å². The van der Waals surface area contributed by atoms with E-state index < -0.39 is 0 Å². The third kappa shape index (κ3) is 5.50. The molecule has 1 rings (SSSR count). The quantitative estimate of drug-likeness (QED) is 0.708. The summed E-state index contributed by atoms with van der Waals surface area (Å²) in [5.74, 6) is 0.415. The number of benzene rings is 1. The Bertz CT molecular complexity index is 324. The first-order chi connectivity index (χ1) is 8.24. The molecule has 0 bridgehead atoms. The van der Waals surface area contributed by atoms with Crippen molar-refractivity contribution in [3.63, 3.8) is 0 Å². The van der Waals surface area contributed by atoms with E-state index in [4.69, 9.17) is 0 Å². The molecule has 0 aliphatic rings. The molecule has 0 saturated heterocycles. The molecule has 0 aromatic heterocycles. The Morgan fingerprint density at radius 2 is 1.94 bits per heavy atom. The molecular formula is C14H22N2O. The van der Waals surface area contributed by atoms with E-state index in [1.54, 1.807) is 0 Å². The molecule has 2 N–H and O–H groups in total. The SMILES string of the molecule is CNCCCNC(=O)CC(C)c1ccccc1. The van der Waals surface area contributed by atoms with Crippen LogP contribution in [-0.2, 0) is 4.79 Å². The van der Waals surface area contributed by atoms with Crippen LogP contribution in [0.3, 0.4) is 0 Å². The Labute approximate surface area is 104 Å². The molecule has 1 aromatic rings. The Morgan fingerprint density at radius 1 is 1.24 bits per heavy atom. The second-order valence-electron chi connectivity index (χ2n) is 4.32. The van der Waals surface area contributed by atoms with Crippen molar-refractivity contribution in [3.05, 3.63) is 35.9 Å². The zero-order chi connectivity index (χ0) is 12.5. The van der Waals surface area contributed by atoms with Gasteiger partial charge in [0.2, 0.25) is 5.91 Å². The Hall–Kier alpha value is -1.35. The fraction of sp³-hybridized carbons (Fsp3) is 0.500. The number of carbonyl (C=O) groups excluding carboxylic acids is 1. The molecule has 0 spiro atoms. The Balaban J connectivity index is 2.26. The van der Waals surface area contributed by atoms with Gasteiger partial charge in [-0.05, 0) is 31.5 Å². The topological polar surface area (TPSA) is 41.1 Å². The summed E-state index contributed by atoms with van der Waals surface area (Å²) in [6.07, 6.45) is 1.53. The maximum Gasteiger partial charge on any atom is 0.220 e. The normalized spacial score (nSPS) is 12.1. The predicted molar refractivity (Wildman–Crippen MR) is 71.0 cm³/mol. The Morgan fingerprint density at radius 3 is 2.59 bits per heavy atom. The molecule has 0 heterocycles. The summed E-state index contributed by atoms with van der Waals surface area (Å²) in [6, 6.07) is 10.2. The van der Waals surface area contributed by atoms with Gasteiger partial charge in [0, 0.05) is 13.0 Å². The van der Waals surface area contributed by atoms with Crippen LogP contribution in [-0.4, -0.2) is 26.0 Å². The van der Waals surface area contributed by atoms with Gasteiger partial charge in [-0.25, -0.2) is 0 Å². The van der Waals surface area contributed by atoms with Gasteiger partial charge < -0.3 is 10.6 Å². The molecule has 1 unspecified atom stereocenters. The summed E-state index contributed by atoms with van der Waals surface area (Å²) in [4.78, 5) is 11.7. The maximum absolute atomic E-state index is 11.7. The van der Waals surface area contributed by atoms with Crippen LogP contribution in [0.5, 0.6) is 0 Å². The highest BCUT2D eigenvalue weighted by Gasteiger charge is 2.09. The number of rotatable bonds is 7. The summed E-state index contributed by atoms with van der Waals surface area (Å²) >= 11 is 0. The van der Waals surface area contributed by atoms with Gasteiger partial charge in [0.1, 0.15) is 0 Å². The van der Waals surface area contributed by atoms with Crippen LogP contribution in [0.25, 0.3) is 0 Å². The van der Waals surface area contributed by atoms with Crippen molar-refractivity contribution < 1.29 is 4.79 Å². The lowest BCUT2D eigenvalue weighted by Crippen LogP contribution is -2.27. The average molecular weight is 234 g/mol. The molecular weight excluding hydrogens is 212 g/mol. The van der Waals surface area contributed by atoms with Crippen LogP contribution in [0.2, 0.25) is 0 Å². The zero-order valence-corrected chi connectivity index (χ0v) is 10.7. The molecule has 94 valence electrons. The zero-order valence-electron chi connectivity index (χ0n) is 10.7. The fourth-order valence-corrected chi connectivity index (χ4v) is 1.74. The van der Waals surface area contributed by atoms with E-state index in [2.05, 4.69) is 29.7 Å². The largest absolute Gasteiger partial charge is 0.356 e. The van der Waals surface area contributed by atoms with Crippen molar-refractivity contribution in [2.24, 2.45) is 0 Å². The Kier molecular flexibility index (Phi) is 6.33. The van der Waals surface area contributed by atoms with Crippen molar-refractivity contribution >= 4 is 5.91 Å². The van der Waals surface area contributed by atoms with Gasteiger partial charge in [-0.1, -0.05) is 37.3 Å². The molecule has 3 heteroatoms. The van der Waals surface area contributed by atoms with Crippen molar-refractivity contribution in [1.82, 2.24) is 10.6 Å². The second kappa shape index (κ2) is 7.85. The van der Waals surface area contributed by atoms with Crippen molar-refractivity contribution in [2.75, 3.05) is 20.1 Å². The van der Waals surface area contributed by atoms with Gasteiger partial charge >= 0.3 is 0 Å². The first kappa shape index (κ1) is 13.7. The van der Waals surface area contributed by atoms with E-state index in [1.807, 2.05) is 25.2 Å². The van der Waals surface area contributed by atoms with Gasteiger partial charge in [-0.2, -0.15) is 0 Å². The minimum Gasteiger partial charge on any atom is -0.356 e. The molecule has 17 heavy (non-hydrogen) atoms. The highest BCUT2D eigenvalue weighted by molar-refractivity contribution is 5.76. The van der Waals surface area contributed by atoms with Crippen molar-refractivity contribution in [3.8, 4) is 0 Å². The van der Waals surface area contributed by atoms with E-state index in [0.717, 1.165) is 19.5 Å². The van der Waals surface area contributed by atoms with E-state index in [0.29, 0.717) is 6.42 Å². The first-order valence-corrected chi connectivity index (χ1v) is 6.20. The minimum absolute atomic E-state index is 0.137. The average Bonchev–Trinajstić information content (AvgIpc) is 2.36. The van der Waals surface area contributed by atoms with Gasteiger partial charge in [-0.15, -0.1) is 0 Å². The van der Waals surface area contributed by atoms with E-state index in [1.165, 1.54) is 5.56 Å². The molecule has 1 atom stereocenters. The third-order valence-electron chi connectivity index (χ3n) is 2.79. The highest BCUT2D eigenvalue weighted by atomic mass is 16.1. The fourth-order valence-electron chi connectivity index (χ4n) is 1.74. The standard InChI is InChI=1S/C14H22N2O/c1-12(13-7-4-3-5-8-13)11-14(17)16-10-6-9-15-2/h3-5,7-8,12,15H,6,9-11H2,1-2H3,(H,16,17). The molecule has 0 saturated carbocycles. The molecule has 1 amide bonds. The minimum atomic E-state index is 0.137. The van der Waals surface area contributed by atoms with E-state index in [9.17, 15) is 4.79 Å². The van der Waals surface area contributed by atoms with E-state index >= 15 is 0 Å². The summed E-state index contributed by atoms with van der Waals surface area (Å²) in [5.41, 5.74) is 1.22. The van der Waals surface area contributed by atoms with Crippen LogP contribution in [0.15, 0.2) is 30.3 Å². The molecule has 0 aliphatic carbocycles. The van der Waals surface area contributed by atoms with Crippen LogP contribution < -0.4 is 10.6 Å². The summed E-state index contributed by atoms with van der Waals surface area (Å²) < 4.78 is 0. The van der Waals surface area contributed by atoms with E-state index in [-0.39, 0.29) is 11.8 Å². The maximum atomic E-state index is 11.7. The number of nitrogens with one attached hydrogen (secondary N) is 2. The highest BCUT2D eigenvalue weighted by Crippen LogP contribution is 2.17. The molecule has 0 aliphatic heterocycles. The van der Waals surface area contributed by atoms with Crippen LogP contribution >= 0.6 is 0 Å². The summed E-state index contributed by atoms with van der Waals surface area (Å²) in [7, 11) is 1.92. The monoisotopic (exact) mass is 234 g/mol. The number of amides is 1. The summed E-state index contributed by atoms with van der Waals surface area (Å²) in [5, 5.41) is 6.00. The van der Waals surface area contributed by atoms with Crippen molar-refractivity contribution in [2.45, 2.75) is 25.7 Å². The van der Waals surface area contributed by atoms with Gasteiger partial charge in [0.15, 0.2) is 0 Å². The molecule has 1 aromatic carbocycles. The van der Waals surface area contributed by atoms with Crippen molar-refractivity contribution in [1.29, 1.82) is 0 Å². The number of hydrogen-bond donors (Lipinski definition) is 2. The third-order valence-corrected chi connectivity index (χ3v) is 2.79. The molecule has 0 radical (unpaired) electrons. The molecule has 0 fully saturated rings. The number of hydrogen-bond acceptors (Lipinski definition) is 2. The lowest BCUT2D eigenvalue weighted by atomic mass is 9.98. The second-order valence-corrected chi connectivity index (χ2v) is 4.32. The van der Waals surface area contributed by atoms with Gasteiger partial charge in [0.05, 0.1) is 0 Å². The lowest BCUT2D eigenvalue weighted by Gasteiger charge is -2.11. The van der Waals surface area contributed by atoms with Crippen LogP contribution in [0.4, 0.5) is 0 Å². The summed E-state index contributed by atoms with van der Waals surface area (Å²) in [6.45, 7) is 3.78. The first-order valence-electron chi connectivity index (χ1n) is 6.20. The predicted octanol–water partition coefficient (Wildman–Crippen LogP) is 1.91.